The number of nitrogens with two attached hydrogens (primary N) is 1. The summed E-state index contributed by atoms with van der Waals surface area (Å²) in [6.07, 6.45) is 1.78. The molecule has 3 rings (SSSR count). The van der Waals surface area contributed by atoms with Crippen LogP contribution in [0.1, 0.15) is 36.2 Å². The second-order valence-electron chi connectivity index (χ2n) is 5.15. The van der Waals surface area contributed by atoms with E-state index in [2.05, 4.69) is 15.1 Å². The second-order valence-corrected chi connectivity index (χ2v) is 5.15. The van der Waals surface area contributed by atoms with Crippen molar-refractivity contribution < 1.29 is 9.26 Å². The van der Waals surface area contributed by atoms with Gasteiger partial charge in [-0.05, 0) is 38.8 Å². The number of aromatic nitrogens is 3. The molecule has 1 fully saturated rings. The zero-order chi connectivity index (χ0) is 14.1. The van der Waals surface area contributed by atoms with Crippen LogP contribution in [0.5, 0.6) is 0 Å². The van der Waals surface area contributed by atoms with E-state index in [1.165, 1.54) is 0 Å². The summed E-state index contributed by atoms with van der Waals surface area (Å²) in [7, 11) is 0. The third-order valence-electron chi connectivity index (χ3n) is 3.43. The lowest BCUT2D eigenvalue weighted by atomic mass is 10.2. The standard InChI is InChI=1S/C14H18N4O2/c1-8-5-10(6-9(2)16-8)13-17-14(20-18-13)12-4-3-11(7-15)19-12/h5-6,11-12H,3-4,7,15H2,1-2H3. The molecule has 2 atom stereocenters. The summed E-state index contributed by atoms with van der Waals surface area (Å²) in [5.41, 5.74) is 8.39. The molecule has 20 heavy (non-hydrogen) atoms. The quantitative estimate of drug-likeness (QED) is 0.920. The van der Waals surface area contributed by atoms with E-state index in [1.54, 1.807) is 0 Å². The van der Waals surface area contributed by atoms with Gasteiger partial charge >= 0.3 is 0 Å². The monoisotopic (exact) mass is 274 g/mol. The van der Waals surface area contributed by atoms with E-state index in [0.717, 1.165) is 29.8 Å². The lowest BCUT2D eigenvalue weighted by molar-refractivity contribution is 0.0307. The molecule has 2 N–H and O–H groups in total. The zero-order valence-corrected chi connectivity index (χ0v) is 11.7. The van der Waals surface area contributed by atoms with E-state index in [1.807, 2.05) is 26.0 Å². The van der Waals surface area contributed by atoms with Crippen LogP contribution in [0.15, 0.2) is 16.7 Å². The van der Waals surface area contributed by atoms with E-state index < -0.39 is 0 Å². The molecule has 0 aliphatic carbocycles. The molecule has 0 bridgehead atoms. The van der Waals surface area contributed by atoms with Gasteiger partial charge in [-0.3, -0.25) is 4.98 Å². The van der Waals surface area contributed by atoms with Crippen LogP contribution in [-0.4, -0.2) is 27.8 Å². The number of rotatable bonds is 3. The van der Waals surface area contributed by atoms with Gasteiger partial charge in [0.1, 0.15) is 6.10 Å². The van der Waals surface area contributed by atoms with E-state index in [0.29, 0.717) is 18.3 Å². The summed E-state index contributed by atoms with van der Waals surface area (Å²) in [5, 5.41) is 4.04. The normalized spacial score (nSPS) is 22.4. The van der Waals surface area contributed by atoms with Gasteiger partial charge in [0.15, 0.2) is 0 Å². The largest absolute Gasteiger partial charge is 0.364 e. The molecule has 2 unspecified atom stereocenters. The Morgan fingerprint density at radius 1 is 1.20 bits per heavy atom. The Balaban J connectivity index is 1.83. The van der Waals surface area contributed by atoms with Crippen molar-refractivity contribution in [3.63, 3.8) is 0 Å². The van der Waals surface area contributed by atoms with Gasteiger partial charge in [0.05, 0.1) is 6.10 Å². The molecule has 1 aliphatic heterocycles. The maximum Gasteiger partial charge on any atom is 0.256 e. The van der Waals surface area contributed by atoms with Gasteiger partial charge in [-0.25, -0.2) is 0 Å². The molecule has 0 spiro atoms. The highest BCUT2D eigenvalue weighted by molar-refractivity contribution is 5.55. The van der Waals surface area contributed by atoms with Crippen LogP contribution >= 0.6 is 0 Å². The fourth-order valence-corrected chi connectivity index (χ4v) is 2.51. The minimum atomic E-state index is -0.131. The van der Waals surface area contributed by atoms with Gasteiger partial charge in [0, 0.05) is 23.5 Å². The highest BCUT2D eigenvalue weighted by Gasteiger charge is 2.30. The van der Waals surface area contributed by atoms with Crippen LogP contribution in [-0.2, 0) is 4.74 Å². The summed E-state index contributed by atoms with van der Waals surface area (Å²) >= 11 is 0. The van der Waals surface area contributed by atoms with Gasteiger partial charge in [-0.15, -0.1) is 0 Å². The Kier molecular flexibility index (Phi) is 3.50. The van der Waals surface area contributed by atoms with Crippen LogP contribution in [0, 0.1) is 13.8 Å². The Morgan fingerprint density at radius 3 is 2.60 bits per heavy atom. The van der Waals surface area contributed by atoms with Gasteiger partial charge in [0.2, 0.25) is 5.82 Å². The molecule has 1 aliphatic rings. The van der Waals surface area contributed by atoms with Gasteiger partial charge in [-0.1, -0.05) is 5.16 Å². The first-order chi connectivity index (χ1) is 9.65. The van der Waals surface area contributed by atoms with Crippen molar-refractivity contribution >= 4 is 0 Å². The van der Waals surface area contributed by atoms with Crippen molar-refractivity contribution in [1.29, 1.82) is 0 Å². The van der Waals surface area contributed by atoms with Crippen molar-refractivity contribution in [2.75, 3.05) is 6.54 Å². The summed E-state index contributed by atoms with van der Waals surface area (Å²) in [6, 6.07) is 3.89. The highest BCUT2D eigenvalue weighted by Crippen LogP contribution is 2.32. The van der Waals surface area contributed by atoms with Gasteiger partial charge < -0.3 is 15.0 Å². The van der Waals surface area contributed by atoms with E-state index in [-0.39, 0.29) is 12.2 Å². The molecule has 6 nitrogen and oxygen atoms in total. The number of hydrogen-bond acceptors (Lipinski definition) is 6. The van der Waals surface area contributed by atoms with Crippen LogP contribution < -0.4 is 5.73 Å². The molecule has 0 radical (unpaired) electrons. The summed E-state index contributed by atoms with van der Waals surface area (Å²) in [5.74, 6) is 1.11. The smallest absolute Gasteiger partial charge is 0.256 e. The third-order valence-corrected chi connectivity index (χ3v) is 3.43. The number of aryl methyl sites for hydroxylation is 2. The van der Waals surface area contributed by atoms with E-state index >= 15 is 0 Å². The predicted molar refractivity (Wildman–Crippen MR) is 72.9 cm³/mol. The van der Waals surface area contributed by atoms with Crippen molar-refractivity contribution in [2.45, 2.75) is 38.9 Å². The Labute approximate surface area is 117 Å². The molecule has 3 heterocycles. The molecule has 0 aromatic carbocycles. The molecule has 0 amide bonds. The van der Waals surface area contributed by atoms with Crippen molar-refractivity contribution in [3.05, 3.63) is 29.4 Å². The van der Waals surface area contributed by atoms with Crippen LogP contribution in [0.4, 0.5) is 0 Å². The topological polar surface area (TPSA) is 87.1 Å². The summed E-state index contributed by atoms with van der Waals surface area (Å²) in [6.45, 7) is 4.42. The van der Waals surface area contributed by atoms with E-state index in [4.69, 9.17) is 15.0 Å². The van der Waals surface area contributed by atoms with E-state index in [9.17, 15) is 0 Å². The molecule has 2 aromatic heterocycles. The fraction of sp³-hybridized carbons (Fsp3) is 0.500. The van der Waals surface area contributed by atoms with Gasteiger partial charge in [-0.2, -0.15) is 4.98 Å². The molecular formula is C14H18N4O2. The molecular weight excluding hydrogens is 256 g/mol. The molecule has 2 aromatic rings. The lowest BCUT2D eigenvalue weighted by Gasteiger charge is -2.07. The number of pyridine rings is 1. The lowest BCUT2D eigenvalue weighted by Crippen LogP contribution is -2.18. The number of ether oxygens (including phenoxy) is 1. The summed E-state index contributed by atoms with van der Waals surface area (Å²) in [4.78, 5) is 8.78. The Hall–Kier alpha value is -1.79. The maximum absolute atomic E-state index is 5.76. The minimum Gasteiger partial charge on any atom is -0.364 e. The molecule has 106 valence electrons. The first kappa shape index (κ1) is 13.2. The van der Waals surface area contributed by atoms with Crippen molar-refractivity contribution in [2.24, 2.45) is 5.73 Å². The number of hydrogen-bond donors (Lipinski definition) is 1. The second kappa shape index (κ2) is 5.30. The Morgan fingerprint density at radius 2 is 1.95 bits per heavy atom. The van der Waals surface area contributed by atoms with Crippen molar-refractivity contribution in [1.82, 2.24) is 15.1 Å². The maximum atomic E-state index is 5.76. The van der Waals surface area contributed by atoms with Crippen LogP contribution in [0.25, 0.3) is 11.4 Å². The first-order valence-corrected chi connectivity index (χ1v) is 6.80. The molecule has 6 heteroatoms. The SMILES string of the molecule is Cc1cc(-c2noc(C3CCC(CN)O3)n2)cc(C)n1. The first-order valence-electron chi connectivity index (χ1n) is 6.80. The third kappa shape index (κ3) is 2.57. The zero-order valence-electron chi connectivity index (χ0n) is 11.7. The Bertz CT molecular complexity index is 591. The molecule has 0 saturated carbocycles. The van der Waals surface area contributed by atoms with Gasteiger partial charge in [0.25, 0.3) is 5.89 Å². The highest BCUT2D eigenvalue weighted by atomic mass is 16.5. The fourth-order valence-electron chi connectivity index (χ4n) is 2.51. The minimum absolute atomic E-state index is 0.0979. The predicted octanol–water partition coefficient (Wildman–Crippen LogP) is 1.93. The molecule has 1 saturated heterocycles. The summed E-state index contributed by atoms with van der Waals surface area (Å²) < 4.78 is 11.1. The average Bonchev–Trinajstić information content (AvgIpc) is 3.06. The van der Waals surface area contributed by atoms with Crippen LogP contribution in [0.2, 0.25) is 0 Å². The average molecular weight is 274 g/mol. The van der Waals surface area contributed by atoms with Crippen molar-refractivity contribution in [3.8, 4) is 11.4 Å². The van der Waals surface area contributed by atoms with Crippen LogP contribution in [0.3, 0.4) is 0 Å². The number of nitrogens with zero attached hydrogens (tertiary/aromatic N) is 3.